The quantitative estimate of drug-likeness (QED) is 0.575. The molecule has 20 heavy (non-hydrogen) atoms. The molecule has 0 aliphatic rings. The van der Waals surface area contributed by atoms with Gasteiger partial charge in [-0.2, -0.15) is 0 Å². The summed E-state index contributed by atoms with van der Waals surface area (Å²) in [6.45, 7) is 5.96. The van der Waals surface area contributed by atoms with Crippen molar-refractivity contribution < 1.29 is 0 Å². The molecule has 0 bridgehead atoms. The summed E-state index contributed by atoms with van der Waals surface area (Å²) in [4.78, 5) is 8.66. The highest BCUT2D eigenvalue weighted by molar-refractivity contribution is 5.64. The molecule has 2 aromatic rings. The Labute approximate surface area is 119 Å². The number of nitrogens with two attached hydrogens (primary N) is 1. The van der Waals surface area contributed by atoms with Gasteiger partial charge in [-0.15, -0.1) is 0 Å². The van der Waals surface area contributed by atoms with Crippen molar-refractivity contribution in [2.45, 2.75) is 33.6 Å². The van der Waals surface area contributed by atoms with Crippen molar-refractivity contribution in [3.63, 3.8) is 0 Å². The van der Waals surface area contributed by atoms with Crippen molar-refractivity contribution in [1.29, 1.82) is 0 Å². The van der Waals surface area contributed by atoms with E-state index in [1.54, 1.807) is 0 Å². The van der Waals surface area contributed by atoms with Gasteiger partial charge in [0.05, 0.1) is 0 Å². The van der Waals surface area contributed by atoms with Gasteiger partial charge in [0, 0.05) is 11.3 Å². The minimum Gasteiger partial charge on any atom is -0.340 e. The fourth-order valence-electron chi connectivity index (χ4n) is 2.07. The van der Waals surface area contributed by atoms with Crippen molar-refractivity contribution in [2.24, 2.45) is 5.84 Å². The van der Waals surface area contributed by atoms with E-state index in [-0.39, 0.29) is 0 Å². The normalized spacial score (nSPS) is 10.4. The molecule has 0 saturated heterocycles. The number of aromatic nitrogens is 2. The summed E-state index contributed by atoms with van der Waals surface area (Å²) in [6, 6.07) is 8.41. The smallest absolute Gasteiger partial charge is 0.148 e. The van der Waals surface area contributed by atoms with E-state index in [1.165, 1.54) is 5.56 Å². The summed E-state index contributed by atoms with van der Waals surface area (Å²) in [7, 11) is 0. The highest BCUT2D eigenvalue weighted by Crippen LogP contribution is 2.23. The Morgan fingerprint density at radius 3 is 2.30 bits per heavy atom. The van der Waals surface area contributed by atoms with Crippen LogP contribution in [0, 0.1) is 13.8 Å². The van der Waals surface area contributed by atoms with Gasteiger partial charge in [-0.25, -0.2) is 15.8 Å². The SMILES string of the molecule is CCCc1ccc(Nc2nc(C)nc(NN)c2C)cc1. The molecule has 1 aromatic heterocycles. The van der Waals surface area contributed by atoms with Crippen molar-refractivity contribution in [2.75, 3.05) is 10.7 Å². The summed E-state index contributed by atoms with van der Waals surface area (Å²) in [5, 5.41) is 3.31. The van der Waals surface area contributed by atoms with Crippen LogP contribution in [0.25, 0.3) is 0 Å². The fourth-order valence-corrected chi connectivity index (χ4v) is 2.07. The van der Waals surface area contributed by atoms with E-state index in [1.807, 2.05) is 13.8 Å². The number of hydrogen-bond donors (Lipinski definition) is 3. The third-order valence-electron chi connectivity index (χ3n) is 3.15. The molecule has 1 aromatic carbocycles. The van der Waals surface area contributed by atoms with Gasteiger partial charge in [-0.05, 0) is 38.0 Å². The van der Waals surface area contributed by atoms with Crippen LogP contribution in [0.5, 0.6) is 0 Å². The Balaban J connectivity index is 2.23. The largest absolute Gasteiger partial charge is 0.340 e. The van der Waals surface area contributed by atoms with Gasteiger partial charge in [0.2, 0.25) is 0 Å². The van der Waals surface area contributed by atoms with E-state index >= 15 is 0 Å². The Kier molecular flexibility index (Phi) is 4.53. The van der Waals surface area contributed by atoms with Crippen molar-refractivity contribution in [3.8, 4) is 0 Å². The number of nitrogen functional groups attached to an aromatic ring is 1. The lowest BCUT2D eigenvalue weighted by atomic mass is 10.1. The number of nitrogens with one attached hydrogen (secondary N) is 2. The first-order chi connectivity index (χ1) is 9.63. The topological polar surface area (TPSA) is 75.9 Å². The van der Waals surface area contributed by atoms with Gasteiger partial charge in [-0.3, -0.25) is 0 Å². The zero-order valence-electron chi connectivity index (χ0n) is 12.2. The number of rotatable bonds is 5. The lowest BCUT2D eigenvalue weighted by Gasteiger charge is -2.12. The van der Waals surface area contributed by atoms with Gasteiger partial charge in [-0.1, -0.05) is 25.5 Å². The number of aryl methyl sites for hydroxylation is 2. The second-order valence-electron chi connectivity index (χ2n) is 4.81. The molecule has 0 radical (unpaired) electrons. The summed E-state index contributed by atoms with van der Waals surface area (Å²) < 4.78 is 0. The van der Waals surface area contributed by atoms with Gasteiger partial charge in [0.15, 0.2) is 0 Å². The predicted octanol–water partition coefficient (Wildman–Crippen LogP) is 3.08. The van der Waals surface area contributed by atoms with Crippen LogP contribution < -0.4 is 16.6 Å². The molecule has 0 aliphatic carbocycles. The number of benzene rings is 1. The molecule has 1 heterocycles. The lowest BCUT2D eigenvalue weighted by Crippen LogP contribution is -2.13. The number of hydrogen-bond acceptors (Lipinski definition) is 5. The first-order valence-corrected chi connectivity index (χ1v) is 6.82. The van der Waals surface area contributed by atoms with Crippen LogP contribution in [-0.2, 0) is 6.42 Å². The molecule has 0 fully saturated rings. The van der Waals surface area contributed by atoms with Gasteiger partial charge in [0.25, 0.3) is 0 Å². The maximum Gasteiger partial charge on any atom is 0.148 e. The Hall–Kier alpha value is -2.14. The first-order valence-electron chi connectivity index (χ1n) is 6.82. The molecule has 0 spiro atoms. The number of anilines is 3. The van der Waals surface area contributed by atoms with Crippen LogP contribution in [0.2, 0.25) is 0 Å². The van der Waals surface area contributed by atoms with E-state index in [0.717, 1.165) is 29.9 Å². The maximum atomic E-state index is 5.47. The summed E-state index contributed by atoms with van der Waals surface area (Å²) >= 11 is 0. The lowest BCUT2D eigenvalue weighted by molar-refractivity contribution is 0.922. The summed E-state index contributed by atoms with van der Waals surface area (Å²) in [6.07, 6.45) is 2.26. The number of hydrazine groups is 1. The van der Waals surface area contributed by atoms with Crippen LogP contribution >= 0.6 is 0 Å². The average Bonchev–Trinajstić information content (AvgIpc) is 2.45. The molecule has 0 amide bonds. The van der Waals surface area contributed by atoms with Crippen LogP contribution in [0.4, 0.5) is 17.3 Å². The third kappa shape index (κ3) is 3.24. The fraction of sp³-hybridized carbons (Fsp3) is 0.333. The minimum absolute atomic E-state index is 0.641. The molecule has 2 rings (SSSR count). The Morgan fingerprint density at radius 1 is 1.05 bits per heavy atom. The number of nitrogens with zero attached hydrogens (tertiary/aromatic N) is 2. The van der Waals surface area contributed by atoms with E-state index in [9.17, 15) is 0 Å². The average molecular weight is 271 g/mol. The molecule has 0 atom stereocenters. The monoisotopic (exact) mass is 271 g/mol. The molecular formula is C15H21N5. The molecule has 5 heteroatoms. The molecular weight excluding hydrogens is 250 g/mol. The second kappa shape index (κ2) is 6.34. The minimum atomic E-state index is 0.641. The molecule has 0 unspecified atom stereocenters. The van der Waals surface area contributed by atoms with Crippen LogP contribution in [0.15, 0.2) is 24.3 Å². The molecule has 5 nitrogen and oxygen atoms in total. The molecule has 0 aliphatic heterocycles. The molecule has 106 valence electrons. The summed E-state index contributed by atoms with van der Waals surface area (Å²) in [5.74, 6) is 7.55. The van der Waals surface area contributed by atoms with E-state index in [0.29, 0.717) is 11.6 Å². The zero-order valence-corrected chi connectivity index (χ0v) is 12.2. The standard InChI is InChI=1S/C15H21N5/c1-4-5-12-6-8-13(9-7-12)19-14-10(2)15(20-16)18-11(3)17-14/h6-9H,4-5,16H2,1-3H3,(H2,17,18,19,20). The van der Waals surface area contributed by atoms with Crippen LogP contribution in [0.3, 0.4) is 0 Å². The van der Waals surface area contributed by atoms with Gasteiger partial charge >= 0.3 is 0 Å². The highest BCUT2D eigenvalue weighted by atomic mass is 15.3. The summed E-state index contributed by atoms with van der Waals surface area (Å²) in [5.41, 5.74) is 5.85. The van der Waals surface area contributed by atoms with E-state index in [2.05, 4.69) is 51.9 Å². The van der Waals surface area contributed by atoms with Crippen molar-refractivity contribution in [1.82, 2.24) is 9.97 Å². The van der Waals surface area contributed by atoms with Crippen molar-refractivity contribution in [3.05, 3.63) is 41.2 Å². The Morgan fingerprint density at radius 2 is 1.70 bits per heavy atom. The highest BCUT2D eigenvalue weighted by Gasteiger charge is 2.08. The third-order valence-corrected chi connectivity index (χ3v) is 3.15. The Bertz CT molecular complexity index is 578. The predicted molar refractivity (Wildman–Crippen MR) is 83.0 cm³/mol. The zero-order chi connectivity index (χ0) is 14.5. The maximum absolute atomic E-state index is 5.47. The van der Waals surface area contributed by atoms with Crippen LogP contribution in [0.1, 0.15) is 30.3 Å². The second-order valence-corrected chi connectivity index (χ2v) is 4.81. The van der Waals surface area contributed by atoms with Gasteiger partial charge in [0.1, 0.15) is 17.5 Å². The van der Waals surface area contributed by atoms with E-state index in [4.69, 9.17) is 5.84 Å². The first kappa shape index (κ1) is 14.3. The van der Waals surface area contributed by atoms with Crippen molar-refractivity contribution >= 4 is 17.3 Å². The van der Waals surface area contributed by atoms with Gasteiger partial charge < -0.3 is 10.7 Å². The molecule has 4 N–H and O–H groups in total. The molecule has 0 saturated carbocycles. The van der Waals surface area contributed by atoms with E-state index < -0.39 is 0 Å². The van der Waals surface area contributed by atoms with Crippen LogP contribution in [-0.4, -0.2) is 9.97 Å².